The molecule has 33 heavy (non-hydrogen) atoms. The molecule has 2 aliphatic rings. The largest absolute Gasteiger partial charge is 0.387 e. The number of pyridine rings is 1. The van der Waals surface area contributed by atoms with E-state index in [1.807, 2.05) is 19.9 Å². The van der Waals surface area contributed by atoms with Crippen LogP contribution in [0, 0.1) is 13.8 Å². The molecule has 4 rings (SSSR count). The minimum absolute atomic E-state index is 0.173. The molecule has 0 spiro atoms. The van der Waals surface area contributed by atoms with Crippen molar-refractivity contribution in [1.29, 1.82) is 0 Å². The molecule has 2 N–H and O–H groups in total. The molecule has 178 valence electrons. The van der Waals surface area contributed by atoms with Crippen LogP contribution in [-0.4, -0.2) is 53.4 Å². The van der Waals surface area contributed by atoms with Gasteiger partial charge in [-0.3, -0.25) is 9.59 Å². The van der Waals surface area contributed by atoms with Crippen LogP contribution < -0.4 is 5.56 Å². The summed E-state index contributed by atoms with van der Waals surface area (Å²) in [6.45, 7) is 5.09. The summed E-state index contributed by atoms with van der Waals surface area (Å²) in [4.78, 5) is 30.5. The summed E-state index contributed by atoms with van der Waals surface area (Å²) >= 11 is 13.4. The number of H-pyrrole nitrogens is 1. The second-order valence-electron chi connectivity index (χ2n) is 8.87. The monoisotopic (exact) mass is 494 g/mol. The second kappa shape index (κ2) is 9.39. The van der Waals surface area contributed by atoms with E-state index in [0.29, 0.717) is 66.3 Å². The number of nitrogens with one attached hydrogen (secondary N) is 1. The molecular weight excluding hydrogens is 467 g/mol. The summed E-state index contributed by atoms with van der Waals surface area (Å²) in [6.07, 6.45) is 0.512. The maximum absolute atomic E-state index is 13.6. The highest BCUT2D eigenvalue weighted by molar-refractivity contribution is 6.37. The first-order valence-electron chi connectivity index (χ1n) is 11.0. The van der Waals surface area contributed by atoms with Crippen molar-refractivity contribution in [2.45, 2.75) is 51.4 Å². The maximum atomic E-state index is 13.6. The Balaban J connectivity index is 1.73. The highest BCUT2D eigenvalue weighted by Gasteiger charge is 2.42. The highest BCUT2D eigenvalue weighted by Crippen LogP contribution is 2.44. The van der Waals surface area contributed by atoms with Crippen LogP contribution in [0.4, 0.5) is 0 Å². The van der Waals surface area contributed by atoms with Gasteiger partial charge in [0.1, 0.15) is 6.10 Å². The molecule has 9 heteroatoms. The van der Waals surface area contributed by atoms with Crippen LogP contribution in [0.25, 0.3) is 0 Å². The molecule has 2 aromatic rings. The average molecular weight is 495 g/mol. The Hall–Kier alpha value is -1.90. The zero-order valence-electron chi connectivity index (χ0n) is 19.0. The van der Waals surface area contributed by atoms with Crippen LogP contribution in [0.15, 0.2) is 16.9 Å². The van der Waals surface area contributed by atoms with Gasteiger partial charge in [0.15, 0.2) is 0 Å². The Morgan fingerprint density at radius 1 is 1.24 bits per heavy atom. The van der Waals surface area contributed by atoms with E-state index >= 15 is 0 Å². The molecule has 1 amide bonds. The van der Waals surface area contributed by atoms with Crippen molar-refractivity contribution >= 4 is 29.1 Å². The van der Waals surface area contributed by atoms with E-state index in [-0.39, 0.29) is 23.0 Å². The topological polar surface area (TPSA) is 91.9 Å². The van der Waals surface area contributed by atoms with Gasteiger partial charge < -0.3 is 24.5 Å². The number of amides is 1. The van der Waals surface area contributed by atoms with Gasteiger partial charge in [-0.1, -0.05) is 23.2 Å². The summed E-state index contributed by atoms with van der Waals surface area (Å²) in [5.74, 6) is -0.293. The molecular formula is C24H28Cl2N2O5. The summed E-state index contributed by atoms with van der Waals surface area (Å²) in [5, 5.41) is 11.9. The average Bonchev–Trinajstić information content (AvgIpc) is 2.75. The van der Waals surface area contributed by atoms with E-state index in [2.05, 4.69) is 4.98 Å². The summed E-state index contributed by atoms with van der Waals surface area (Å²) < 4.78 is 11.1. The van der Waals surface area contributed by atoms with Crippen molar-refractivity contribution in [3.63, 3.8) is 0 Å². The van der Waals surface area contributed by atoms with Crippen molar-refractivity contribution in [2.75, 3.05) is 26.9 Å². The van der Waals surface area contributed by atoms with E-state index in [9.17, 15) is 14.7 Å². The molecule has 0 radical (unpaired) electrons. The molecule has 7 nitrogen and oxygen atoms in total. The number of benzene rings is 1. The summed E-state index contributed by atoms with van der Waals surface area (Å²) in [7, 11) is 1.50. The van der Waals surface area contributed by atoms with Gasteiger partial charge in [0.05, 0.1) is 22.7 Å². The highest BCUT2D eigenvalue weighted by atomic mass is 35.5. The number of methoxy groups -OCH3 is 1. The van der Waals surface area contributed by atoms with Crippen LogP contribution >= 0.6 is 23.2 Å². The lowest BCUT2D eigenvalue weighted by molar-refractivity contribution is -0.145. The van der Waals surface area contributed by atoms with Crippen molar-refractivity contribution in [3.05, 3.63) is 66.0 Å². The number of ether oxygens (including phenoxy) is 2. The fourth-order valence-corrected chi connectivity index (χ4v) is 5.55. The first-order valence-corrected chi connectivity index (χ1v) is 11.7. The third kappa shape index (κ3) is 4.45. The van der Waals surface area contributed by atoms with Crippen LogP contribution in [0.1, 0.15) is 57.3 Å². The number of hydrogen-bond donors (Lipinski definition) is 2. The predicted octanol–water partition coefficient (Wildman–Crippen LogP) is 3.73. The van der Waals surface area contributed by atoms with E-state index in [4.69, 9.17) is 32.7 Å². The number of fused-ring (bicyclic) bond motifs is 1. The molecule has 1 atom stereocenters. The Bertz CT molecular complexity index is 1140. The number of nitrogens with zero attached hydrogens (tertiary/aromatic N) is 1. The lowest BCUT2D eigenvalue weighted by atomic mass is 9.82. The Morgan fingerprint density at radius 2 is 1.94 bits per heavy atom. The quantitative estimate of drug-likeness (QED) is 0.660. The number of aromatic nitrogens is 1. The van der Waals surface area contributed by atoms with Crippen LogP contribution in [0.2, 0.25) is 10.0 Å². The second-order valence-corrected chi connectivity index (χ2v) is 9.65. The lowest BCUT2D eigenvalue weighted by Crippen LogP contribution is -2.43. The number of rotatable bonds is 5. The minimum atomic E-state index is -1.18. The molecule has 1 aromatic carbocycles. The molecule has 0 saturated carbocycles. The maximum Gasteiger partial charge on any atom is 0.256 e. The Kier molecular flexibility index (Phi) is 6.90. The standard InChI is InChI=1S/C24H28Cl2N2O5/c1-13-10-14(2)27-22(29)17(13)12-28-7-4-15-18(25)11-16(20(26)19(15)23(28)30)21(32-3)24(31)5-8-33-9-6-24/h10-11,21,31H,4-9,12H2,1-3H3,(H,27,29). The molecule has 1 fully saturated rings. The van der Waals surface area contributed by atoms with Gasteiger partial charge in [-0.15, -0.1) is 0 Å². The number of halogens is 2. The van der Waals surface area contributed by atoms with Crippen molar-refractivity contribution in [1.82, 2.24) is 9.88 Å². The molecule has 1 unspecified atom stereocenters. The predicted molar refractivity (Wildman–Crippen MR) is 126 cm³/mol. The van der Waals surface area contributed by atoms with E-state index in [1.165, 1.54) is 7.11 Å². The molecule has 1 aromatic heterocycles. The van der Waals surface area contributed by atoms with Crippen LogP contribution in [0.3, 0.4) is 0 Å². The van der Waals surface area contributed by atoms with Gasteiger partial charge in [0.25, 0.3) is 11.5 Å². The number of carbonyl (C=O) groups excluding carboxylic acids is 1. The van der Waals surface area contributed by atoms with Crippen molar-refractivity contribution < 1.29 is 19.4 Å². The van der Waals surface area contributed by atoms with Gasteiger partial charge in [-0.2, -0.15) is 0 Å². The normalized spacial score (nSPS) is 18.8. The molecule has 1 saturated heterocycles. The first kappa shape index (κ1) is 24.2. The summed E-state index contributed by atoms with van der Waals surface area (Å²) in [6, 6.07) is 3.58. The number of aryl methyl sites for hydroxylation is 2. The molecule has 0 bridgehead atoms. The molecule has 2 aliphatic heterocycles. The SMILES string of the molecule is COC(c1cc(Cl)c2c(c1Cl)C(=O)N(Cc1c(C)cc(C)[nH]c1=O)CC2)C1(O)CCOCC1. The van der Waals surface area contributed by atoms with Gasteiger partial charge in [0.2, 0.25) is 0 Å². The smallest absolute Gasteiger partial charge is 0.256 e. The molecule has 0 aliphatic carbocycles. The van der Waals surface area contributed by atoms with Gasteiger partial charge >= 0.3 is 0 Å². The summed E-state index contributed by atoms with van der Waals surface area (Å²) in [5.41, 5.74) is 2.22. The van der Waals surface area contributed by atoms with Crippen molar-refractivity contribution in [2.24, 2.45) is 0 Å². The molecule has 3 heterocycles. The van der Waals surface area contributed by atoms with E-state index in [1.54, 1.807) is 11.0 Å². The minimum Gasteiger partial charge on any atom is -0.387 e. The Labute approximate surface area is 202 Å². The lowest BCUT2D eigenvalue weighted by Gasteiger charge is -2.39. The van der Waals surface area contributed by atoms with Gasteiger partial charge in [-0.05, 0) is 43.5 Å². The first-order chi connectivity index (χ1) is 15.7. The van der Waals surface area contributed by atoms with Gasteiger partial charge in [0, 0.05) is 61.6 Å². The third-order valence-corrected chi connectivity index (χ3v) is 7.43. The van der Waals surface area contributed by atoms with Crippen molar-refractivity contribution in [3.8, 4) is 0 Å². The fraction of sp³-hybridized carbons (Fsp3) is 0.500. The zero-order valence-corrected chi connectivity index (χ0v) is 20.5. The third-order valence-electron chi connectivity index (χ3n) is 6.69. The van der Waals surface area contributed by atoms with Crippen LogP contribution in [-0.2, 0) is 22.4 Å². The van der Waals surface area contributed by atoms with E-state index in [0.717, 1.165) is 11.3 Å². The van der Waals surface area contributed by atoms with E-state index < -0.39 is 11.7 Å². The number of aliphatic hydroxyl groups is 1. The number of aromatic amines is 1. The fourth-order valence-electron chi connectivity index (χ4n) is 4.89. The number of carbonyl (C=O) groups is 1. The number of hydrogen-bond acceptors (Lipinski definition) is 5. The van der Waals surface area contributed by atoms with Crippen LogP contribution in [0.5, 0.6) is 0 Å². The Morgan fingerprint density at radius 3 is 2.58 bits per heavy atom. The zero-order chi connectivity index (χ0) is 23.9. The van der Waals surface area contributed by atoms with Gasteiger partial charge in [-0.25, -0.2) is 0 Å².